The van der Waals surface area contributed by atoms with Crippen LogP contribution in [0.4, 0.5) is 0 Å². The van der Waals surface area contributed by atoms with E-state index < -0.39 is 17.3 Å². The van der Waals surface area contributed by atoms with Crippen LogP contribution in [0.15, 0.2) is 30.3 Å². The standard InChI is InChI=1S/C18H24N2O4S/c21-16(22)12-20-10-6-2-5-9-14(18(20)24)19-17(23)15(25)11-13-7-3-1-4-8-13/h1,3-4,7-8,14-15,25H,2,5-6,9-12H2,(H,19,23)(H,21,22). The van der Waals surface area contributed by atoms with Crippen LogP contribution in [0.5, 0.6) is 0 Å². The van der Waals surface area contributed by atoms with E-state index in [0.717, 1.165) is 24.8 Å². The normalized spacial score (nSPS) is 19.6. The molecule has 1 saturated heterocycles. The highest BCUT2D eigenvalue weighted by atomic mass is 32.1. The first-order valence-corrected chi connectivity index (χ1v) is 9.02. The lowest BCUT2D eigenvalue weighted by atomic mass is 10.0. The van der Waals surface area contributed by atoms with E-state index in [9.17, 15) is 14.4 Å². The fourth-order valence-electron chi connectivity index (χ4n) is 2.93. The summed E-state index contributed by atoms with van der Waals surface area (Å²) in [5, 5.41) is 11.2. The summed E-state index contributed by atoms with van der Waals surface area (Å²) in [7, 11) is 0. The number of rotatable bonds is 6. The molecule has 136 valence electrons. The number of carboxylic acids is 1. The zero-order valence-corrected chi connectivity index (χ0v) is 15.0. The molecule has 1 aliphatic rings. The molecule has 2 amide bonds. The Hall–Kier alpha value is -2.02. The van der Waals surface area contributed by atoms with E-state index in [1.165, 1.54) is 4.90 Å². The molecular weight excluding hydrogens is 340 g/mol. The first kappa shape index (κ1) is 19.3. The van der Waals surface area contributed by atoms with E-state index in [0.29, 0.717) is 19.4 Å². The van der Waals surface area contributed by atoms with E-state index in [1.54, 1.807) is 0 Å². The number of carboxylic acid groups (broad SMARTS) is 1. The predicted molar refractivity (Wildman–Crippen MR) is 97.5 cm³/mol. The third kappa shape index (κ3) is 6.08. The number of aliphatic carboxylic acids is 1. The highest BCUT2D eigenvalue weighted by Gasteiger charge is 2.29. The van der Waals surface area contributed by atoms with Crippen LogP contribution in [0.2, 0.25) is 0 Å². The third-order valence-corrected chi connectivity index (χ3v) is 4.66. The molecule has 1 aromatic carbocycles. The van der Waals surface area contributed by atoms with Gasteiger partial charge in [0.1, 0.15) is 12.6 Å². The molecule has 0 radical (unpaired) electrons. The van der Waals surface area contributed by atoms with E-state index in [-0.39, 0.29) is 18.4 Å². The van der Waals surface area contributed by atoms with Crippen molar-refractivity contribution in [2.75, 3.05) is 13.1 Å². The SMILES string of the molecule is O=C(O)CN1CCCCCC(NC(=O)C(S)Cc2ccccc2)C1=O. The van der Waals surface area contributed by atoms with Crippen LogP contribution in [0.25, 0.3) is 0 Å². The summed E-state index contributed by atoms with van der Waals surface area (Å²) in [6, 6.07) is 8.86. The van der Waals surface area contributed by atoms with Gasteiger partial charge in [-0.05, 0) is 24.8 Å². The summed E-state index contributed by atoms with van der Waals surface area (Å²) in [5.74, 6) is -1.67. The van der Waals surface area contributed by atoms with Gasteiger partial charge in [0.25, 0.3) is 0 Å². The molecule has 2 unspecified atom stereocenters. The lowest BCUT2D eigenvalue weighted by Crippen LogP contribution is -2.52. The van der Waals surface area contributed by atoms with Crippen molar-refractivity contribution >= 4 is 30.4 Å². The number of hydrogen-bond donors (Lipinski definition) is 3. The Bertz CT molecular complexity index is 608. The molecule has 1 heterocycles. The molecule has 7 heteroatoms. The van der Waals surface area contributed by atoms with E-state index in [1.807, 2.05) is 30.3 Å². The van der Waals surface area contributed by atoms with Gasteiger partial charge in [-0.25, -0.2) is 0 Å². The van der Waals surface area contributed by atoms with Crippen LogP contribution in [0.1, 0.15) is 31.2 Å². The molecule has 0 bridgehead atoms. The van der Waals surface area contributed by atoms with E-state index in [2.05, 4.69) is 17.9 Å². The van der Waals surface area contributed by atoms with Gasteiger partial charge in [0.05, 0.1) is 5.25 Å². The second-order valence-corrected chi connectivity index (χ2v) is 6.89. The van der Waals surface area contributed by atoms with Gasteiger partial charge in [-0.1, -0.05) is 43.2 Å². The van der Waals surface area contributed by atoms with Gasteiger partial charge in [0.15, 0.2) is 0 Å². The minimum Gasteiger partial charge on any atom is -0.480 e. The quantitative estimate of drug-likeness (QED) is 0.668. The number of carbonyl (C=O) groups is 3. The van der Waals surface area contributed by atoms with Gasteiger partial charge in [-0.3, -0.25) is 14.4 Å². The van der Waals surface area contributed by atoms with Crippen LogP contribution in [0.3, 0.4) is 0 Å². The predicted octanol–water partition coefficient (Wildman–Crippen LogP) is 1.50. The maximum Gasteiger partial charge on any atom is 0.323 e. The number of hydrogen-bond acceptors (Lipinski definition) is 4. The average Bonchev–Trinajstić information content (AvgIpc) is 2.58. The summed E-state index contributed by atoms with van der Waals surface area (Å²) < 4.78 is 0. The molecule has 1 aliphatic heterocycles. The Morgan fingerprint density at radius 3 is 2.64 bits per heavy atom. The highest BCUT2D eigenvalue weighted by Crippen LogP contribution is 2.14. The summed E-state index contributed by atoms with van der Waals surface area (Å²) >= 11 is 4.36. The average molecular weight is 364 g/mol. The molecule has 2 atom stereocenters. The molecule has 6 nitrogen and oxygen atoms in total. The number of carbonyl (C=O) groups excluding carboxylic acids is 2. The molecule has 2 N–H and O–H groups in total. The van der Waals surface area contributed by atoms with Crippen molar-refractivity contribution < 1.29 is 19.5 Å². The molecule has 0 saturated carbocycles. The second kappa shape index (κ2) is 9.46. The van der Waals surface area contributed by atoms with Crippen LogP contribution in [0, 0.1) is 0 Å². The Balaban J connectivity index is 1.98. The van der Waals surface area contributed by atoms with Crippen molar-refractivity contribution in [3.8, 4) is 0 Å². The van der Waals surface area contributed by atoms with Crippen molar-refractivity contribution in [1.29, 1.82) is 0 Å². The summed E-state index contributed by atoms with van der Waals surface area (Å²) in [4.78, 5) is 37.3. The van der Waals surface area contributed by atoms with Crippen molar-refractivity contribution in [3.05, 3.63) is 35.9 Å². The Kier molecular flexibility index (Phi) is 7.31. The maximum absolute atomic E-state index is 12.6. The maximum atomic E-state index is 12.6. The van der Waals surface area contributed by atoms with Gasteiger partial charge < -0.3 is 15.3 Å². The largest absolute Gasteiger partial charge is 0.480 e. The fourth-order valence-corrected chi connectivity index (χ4v) is 3.22. The molecule has 2 rings (SSSR count). The minimum atomic E-state index is -1.05. The first-order valence-electron chi connectivity index (χ1n) is 8.50. The lowest BCUT2D eigenvalue weighted by molar-refractivity contribution is -0.146. The Labute approximate surface area is 153 Å². The summed E-state index contributed by atoms with van der Waals surface area (Å²) in [5.41, 5.74) is 0.995. The van der Waals surface area contributed by atoms with Crippen LogP contribution >= 0.6 is 12.6 Å². The number of nitrogens with one attached hydrogen (secondary N) is 1. The van der Waals surface area contributed by atoms with Gasteiger partial charge in [-0.15, -0.1) is 0 Å². The van der Waals surface area contributed by atoms with Crippen molar-refractivity contribution in [1.82, 2.24) is 10.2 Å². The van der Waals surface area contributed by atoms with Crippen LogP contribution < -0.4 is 5.32 Å². The molecule has 0 aliphatic carbocycles. The minimum absolute atomic E-state index is 0.304. The molecule has 0 aromatic heterocycles. The van der Waals surface area contributed by atoms with Gasteiger partial charge >= 0.3 is 5.97 Å². The molecule has 1 fully saturated rings. The number of nitrogens with zero attached hydrogens (tertiary/aromatic N) is 1. The third-order valence-electron chi connectivity index (χ3n) is 4.25. The fraction of sp³-hybridized carbons (Fsp3) is 0.500. The molecule has 1 aromatic rings. The zero-order valence-electron chi connectivity index (χ0n) is 14.1. The Morgan fingerprint density at radius 2 is 1.96 bits per heavy atom. The lowest BCUT2D eigenvalue weighted by Gasteiger charge is -2.29. The highest BCUT2D eigenvalue weighted by molar-refractivity contribution is 7.81. The summed E-state index contributed by atoms with van der Waals surface area (Å²) in [6.45, 7) is 0.0747. The number of benzene rings is 1. The molecule has 0 spiro atoms. The monoisotopic (exact) mass is 364 g/mol. The van der Waals surface area contributed by atoms with Crippen LogP contribution in [-0.2, 0) is 20.8 Å². The van der Waals surface area contributed by atoms with Gasteiger partial charge in [0.2, 0.25) is 11.8 Å². The molecule has 25 heavy (non-hydrogen) atoms. The van der Waals surface area contributed by atoms with Crippen molar-refractivity contribution in [2.45, 2.75) is 43.4 Å². The Morgan fingerprint density at radius 1 is 1.24 bits per heavy atom. The smallest absolute Gasteiger partial charge is 0.323 e. The van der Waals surface area contributed by atoms with Gasteiger partial charge in [-0.2, -0.15) is 12.6 Å². The van der Waals surface area contributed by atoms with E-state index in [4.69, 9.17) is 5.11 Å². The van der Waals surface area contributed by atoms with Crippen LogP contribution in [-0.4, -0.2) is 52.2 Å². The first-order chi connectivity index (χ1) is 12.0. The molecular formula is C18H24N2O4S. The number of likely N-dealkylation sites (tertiary alicyclic amines) is 1. The van der Waals surface area contributed by atoms with Gasteiger partial charge in [0, 0.05) is 6.54 Å². The van der Waals surface area contributed by atoms with Crippen molar-refractivity contribution in [3.63, 3.8) is 0 Å². The zero-order chi connectivity index (χ0) is 18.2. The van der Waals surface area contributed by atoms with Crippen molar-refractivity contribution in [2.24, 2.45) is 0 Å². The topological polar surface area (TPSA) is 86.7 Å². The number of thiol groups is 1. The number of amides is 2. The van der Waals surface area contributed by atoms with E-state index >= 15 is 0 Å². The summed E-state index contributed by atoms with van der Waals surface area (Å²) in [6.07, 6.45) is 3.50. The second-order valence-electron chi connectivity index (χ2n) is 6.27.